The van der Waals surface area contributed by atoms with Gasteiger partial charge in [0.1, 0.15) is 11.6 Å². The first-order valence-corrected chi connectivity index (χ1v) is 7.40. The van der Waals surface area contributed by atoms with Crippen LogP contribution in [0.15, 0.2) is 24.3 Å². The number of nitrogens with one attached hydrogen (secondary N) is 1. The van der Waals surface area contributed by atoms with Crippen LogP contribution in [0.25, 0.3) is 11.3 Å². The molecule has 1 aromatic heterocycles. The molecule has 2 rings (SSSR count). The molecule has 1 aromatic carbocycles. The summed E-state index contributed by atoms with van der Waals surface area (Å²) in [6.07, 6.45) is 1.89. The second-order valence-electron chi connectivity index (χ2n) is 4.75. The minimum Gasteiger partial charge on any atom is -0.370 e. The molecule has 3 nitrogen and oxygen atoms in total. The summed E-state index contributed by atoms with van der Waals surface area (Å²) in [5, 5.41) is 4.12. The molecular weight excluding hydrogens is 270 g/mol. The fourth-order valence-electron chi connectivity index (χ4n) is 2.03. The first-order valence-electron chi connectivity index (χ1n) is 7.03. The van der Waals surface area contributed by atoms with Crippen molar-refractivity contribution in [2.24, 2.45) is 0 Å². The molecule has 0 aliphatic rings. The highest BCUT2D eigenvalue weighted by Crippen LogP contribution is 2.27. The average Bonchev–Trinajstić information content (AvgIpc) is 2.47. The predicted molar refractivity (Wildman–Crippen MR) is 85.4 cm³/mol. The van der Waals surface area contributed by atoms with Crippen LogP contribution >= 0.6 is 11.6 Å². The minimum atomic E-state index is 0.737. The zero-order valence-corrected chi connectivity index (χ0v) is 13.0. The molecule has 0 aliphatic carbocycles. The number of aryl methyl sites for hydroxylation is 1. The third-order valence-electron chi connectivity index (χ3n) is 3.17. The number of rotatable bonds is 5. The molecule has 0 unspecified atom stereocenters. The molecule has 2 aromatic rings. The smallest absolute Gasteiger partial charge is 0.133 e. The van der Waals surface area contributed by atoms with Gasteiger partial charge in [0, 0.05) is 29.1 Å². The first-order chi connectivity index (χ1) is 9.65. The van der Waals surface area contributed by atoms with E-state index in [0.29, 0.717) is 0 Å². The molecule has 4 heteroatoms. The van der Waals surface area contributed by atoms with E-state index in [9.17, 15) is 0 Å². The fourth-order valence-corrected chi connectivity index (χ4v) is 2.15. The lowest BCUT2D eigenvalue weighted by Crippen LogP contribution is -2.08. The van der Waals surface area contributed by atoms with Crippen LogP contribution in [0.5, 0.6) is 0 Å². The Kier molecular flexibility index (Phi) is 4.96. The summed E-state index contributed by atoms with van der Waals surface area (Å²) in [5.74, 6) is 1.79. The van der Waals surface area contributed by atoms with E-state index in [1.807, 2.05) is 24.3 Å². The molecule has 1 N–H and O–H groups in total. The van der Waals surface area contributed by atoms with E-state index in [4.69, 9.17) is 11.6 Å². The van der Waals surface area contributed by atoms with Crippen LogP contribution in [0.3, 0.4) is 0 Å². The zero-order valence-electron chi connectivity index (χ0n) is 12.2. The highest BCUT2D eigenvalue weighted by atomic mass is 35.5. The van der Waals surface area contributed by atoms with Gasteiger partial charge in [0.05, 0.1) is 5.69 Å². The van der Waals surface area contributed by atoms with E-state index >= 15 is 0 Å². The van der Waals surface area contributed by atoms with Crippen LogP contribution in [-0.4, -0.2) is 16.5 Å². The third kappa shape index (κ3) is 3.28. The number of anilines is 1. The van der Waals surface area contributed by atoms with E-state index in [-0.39, 0.29) is 0 Å². The van der Waals surface area contributed by atoms with Crippen molar-refractivity contribution in [3.63, 3.8) is 0 Å². The number of nitrogens with zero attached hydrogens (tertiary/aromatic N) is 2. The van der Waals surface area contributed by atoms with Gasteiger partial charge in [-0.15, -0.1) is 0 Å². The highest BCUT2D eigenvalue weighted by Gasteiger charge is 2.11. The lowest BCUT2D eigenvalue weighted by atomic mass is 10.1. The SMILES string of the molecule is CCCNc1nc(CC)nc(-c2ccc(Cl)cc2)c1C. The minimum absolute atomic E-state index is 0.737. The Labute approximate surface area is 125 Å². The molecule has 0 atom stereocenters. The largest absolute Gasteiger partial charge is 0.370 e. The highest BCUT2D eigenvalue weighted by molar-refractivity contribution is 6.30. The molecule has 0 saturated heterocycles. The summed E-state index contributed by atoms with van der Waals surface area (Å²) in [6.45, 7) is 7.19. The van der Waals surface area contributed by atoms with Gasteiger partial charge in [-0.3, -0.25) is 0 Å². The van der Waals surface area contributed by atoms with E-state index in [1.54, 1.807) is 0 Å². The van der Waals surface area contributed by atoms with Gasteiger partial charge in [0.2, 0.25) is 0 Å². The van der Waals surface area contributed by atoms with Crippen molar-refractivity contribution in [3.8, 4) is 11.3 Å². The molecule has 0 saturated carbocycles. The van der Waals surface area contributed by atoms with Crippen LogP contribution in [0.4, 0.5) is 5.82 Å². The van der Waals surface area contributed by atoms with Crippen LogP contribution in [-0.2, 0) is 6.42 Å². The Balaban J connectivity index is 2.48. The number of aromatic nitrogens is 2. The number of hydrogen-bond donors (Lipinski definition) is 1. The van der Waals surface area contributed by atoms with Crippen LogP contribution < -0.4 is 5.32 Å². The van der Waals surface area contributed by atoms with Gasteiger partial charge >= 0.3 is 0 Å². The van der Waals surface area contributed by atoms with Crippen molar-refractivity contribution in [2.45, 2.75) is 33.6 Å². The van der Waals surface area contributed by atoms with Crippen molar-refractivity contribution in [1.82, 2.24) is 9.97 Å². The van der Waals surface area contributed by atoms with Crippen LogP contribution in [0.1, 0.15) is 31.7 Å². The number of benzene rings is 1. The Hall–Kier alpha value is -1.61. The van der Waals surface area contributed by atoms with Gasteiger partial charge in [0.15, 0.2) is 0 Å². The predicted octanol–water partition coefficient (Wildman–Crippen LogP) is 4.49. The summed E-state index contributed by atoms with van der Waals surface area (Å²) in [5.41, 5.74) is 3.13. The van der Waals surface area contributed by atoms with Gasteiger partial charge in [-0.2, -0.15) is 0 Å². The van der Waals surface area contributed by atoms with Crippen molar-refractivity contribution < 1.29 is 0 Å². The fraction of sp³-hybridized carbons (Fsp3) is 0.375. The van der Waals surface area contributed by atoms with E-state index in [1.165, 1.54) is 0 Å². The lowest BCUT2D eigenvalue weighted by Gasteiger charge is -2.13. The summed E-state index contributed by atoms with van der Waals surface area (Å²) in [4.78, 5) is 9.25. The molecule has 20 heavy (non-hydrogen) atoms. The number of halogens is 1. The number of hydrogen-bond acceptors (Lipinski definition) is 3. The van der Waals surface area contributed by atoms with Gasteiger partial charge in [-0.1, -0.05) is 37.6 Å². The molecular formula is C16H20ClN3. The Morgan fingerprint density at radius 2 is 1.80 bits per heavy atom. The summed E-state index contributed by atoms with van der Waals surface area (Å²) in [7, 11) is 0. The van der Waals surface area contributed by atoms with E-state index in [0.717, 1.165) is 52.9 Å². The average molecular weight is 290 g/mol. The molecule has 0 fully saturated rings. The molecule has 0 radical (unpaired) electrons. The zero-order chi connectivity index (χ0) is 14.5. The maximum Gasteiger partial charge on any atom is 0.133 e. The third-order valence-corrected chi connectivity index (χ3v) is 3.42. The molecule has 0 spiro atoms. The Morgan fingerprint density at radius 3 is 2.40 bits per heavy atom. The van der Waals surface area contributed by atoms with Gasteiger partial charge in [-0.25, -0.2) is 9.97 Å². The van der Waals surface area contributed by atoms with Crippen molar-refractivity contribution >= 4 is 17.4 Å². The van der Waals surface area contributed by atoms with Crippen LogP contribution in [0.2, 0.25) is 5.02 Å². The second kappa shape index (κ2) is 6.71. The summed E-state index contributed by atoms with van der Waals surface area (Å²) in [6, 6.07) is 7.79. The first kappa shape index (κ1) is 14.8. The Morgan fingerprint density at radius 1 is 1.10 bits per heavy atom. The van der Waals surface area contributed by atoms with Gasteiger partial charge < -0.3 is 5.32 Å². The molecule has 0 aliphatic heterocycles. The maximum absolute atomic E-state index is 5.95. The monoisotopic (exact) mass is 289 g/mol. The lowest BCUT2D eigenvalue weighted by molar-refractivity contribution is 0.911. The molecule has 0 amide bonds. The maximum atomic E-state index is 5.95. The second-order valence-corrected chi connectivity index (χ2v) is 5.19. The molecule has 0 bridgehead atoms. The topological polar surface area (TPSA) is 37.8 Å². The van der Waals surface area contributed by atoms with Crippen molar-refractivity contribution in [1.29, 1.82) is 0 Å². The van der Waals surface area contributed by atoms with E-state index in [2.05, 4.69) is 36.1 Å². The quantitative estimate of drug-likeness (QED) is 0.881. The summed E-state index contributed by atoms with van der Waals surface area (Å²) >= 11 is 5.95. The summed E-state index contributed by atoms with van der Waals surface area (Å²) < 4.78 is 0. The normalized spacial score (nSPS) is 10.6. The Bertz CT molecular complexity index is 579. The van der Waals surface area contributed by atoms with Crippen molar-refractivity contribution in [3.05, 3.63) is 40.7 Å². The van der Waals surface area contributed by atoms with Gasteiger partial charge in [-0.05, 0) is 25.5 Å². The van der Waals surface area contributed by atoms with Crippen molar-refractivity contribution in [2.75, 3.05) is 11.9 Å². The van der Waals surface area contributed by atoms with Gasteiger partial charge in [0.25, 0.3) is 0 Å². The standard InChI is InChI=1S/C16H20ClN3/c1-4-10-18-16-11(3)15(19-14(5-2)20-16)12-6-8-13(17)9-7-12/h6-9H,4-5,10H2,1-3H3,(H,18,19,20). The molecule has 1 heterocycles. The van der Waals surface area contributed by atoms with E-state index < -0.39 is 0 Å². The van der Waals surface area contributed by atoms with Crippen LogP contribution in [0, 0.1) is 6.92 Å². The molecule has 106 valence electrons.